The van der Waals surface area contributed by atoms with Crippen LogP contribution in [0.15, 0.2) is 67.4 Å². The Morgan fingerprint density at radius 3 is 2.69 bits per heavy atom. The molecule has 0 aliphatic rings. The number of aromatic nitrogens is 7. The molecule has 6 aromatic rings. The van der Waals surface area contributed by atoms with Gasteiger partial charge < -0.3 is 4.98 Å². The second kappa shape index (κ2) is 7.05. The smallest absolute Gasteiger partial charge is 0.159 e. The van der Waals surface area contributed by atoms with Crippen LogP contribution in [0, 0.1) is 12.7 Å². The summed E-state index contributed by atoms with van der Waals surface area (Å²) in [5.41, 5.74) is 7.24. The number of H-pyrrole nitrogens is 2. The van der Waals surface area contributed by atoms with Crippen molar-refractivity contribution in [2.45, 2.75) is 6.92 Å². The molecule has 0 saturated carbocycles. The molecule has 0 fully saturated rings. The molecule has 0 amide bonds. The van der Waals surface area contributed by atoms with Crippen LogP contribution in [0.3, 0.4) is 0 Å². The van der Waals surface area contributed by atoms with Gasteiger partial charge in [0.25, 0.3) is 0 Å². The molecule has 1 aromatic carbocycles. The molecule has 0 saturated heterocycles. The maximum atomic E-state index is 13.8. The molecule has 8 heteroatoms. The lowest BCUT2D eigenvalue weighted by molar-refractivity contribution is 0.628. The average Bonchev–Trinajstić information content (AvgIpc) is 3.42. The van der Waals surface area contributed by atoms with Crippen molar-refractivity contribution in [1.82, 2.24) is 35.1 Å². The lowest BCUT2D eigenvalue weighted by Gasteiger charge is -2.04. The third-order valence-corrected chi connectivity index (χ3v) is 5.52. The predicted octanol–water partition coefficient (Wildman–Crippen LogP) is 5.07. The molecule has 5 aromatic heterocycles. The van der Waals surface area contributed by atoms with E-state index in [9.17, 15) is 4.39 Å². The average molecular weight is 421 g/mol. The largest absolute Gasteiger partial charge is 0.335 e. The molecule has 0 aliphatic carbocycles. The number of rotatable bonds is 3. The van der Waals surface area contributed by atoms with Gasteiger partial charge in [-0.25, -0.2) is 9.37 Å². The Hall–Kier alpha value is -4.46. The van der Waals surface area contributed by atoms with E-state index in [4.69, 9.17) is 4.98 Å². The number of nitrogens with zero attached hydrogens (tertiary/aromatic N) is 5. The highest BCUT2D eigenvalue weighted by atomic mass is 19.1. The lowest BCUT2D eigenvalue weighted by atomic mass is 10.1. The minimum Gasteiger partial charge on any atom is -0.335 e. The van der Waals surface area contributed by atoms with E-state index < -0.39 is 0 Å². The van der Waals surface area contributed by atoms with Gasteiger partial charge in [0.1, 0.15) is 11.5 Å². The number of fused-ring (bicyclic) bond motifs is 2. The zero-order valence-corrected chi connectivity index (χ0v) is 17.0. The van der Waals surface area contributed by atoms with Gasteiger partial charge >= 0.3 is 0 Å². The topological polar surface area (TPSA) is 96.0 Å². The molecule has 32 heavy (non-hydrogen) atoms. The second-order valence-electron chi connectivity index (χ2n) is 7.56. The molecule has 6 rings (SSSR count). The maximum absolute atomic E-state index is 13.8. The normalized spacial score (nSPS) is 11.4. The van der Waals surface area contributed by atoms with Crippen molar-refractivity contribution in [2.75, 3.05) is 0 Å². The summed E-state index contributed by atoms with van der Waals surface area (Å²) in [4.78, 5) is 21.2. The van der Waals surface area contributed by atoms with E-state index in [2.05, 4.69) is 30.1 Å². The van der Waals surface area contributed by atoms with Crippen molar-refractivity contribution < 1.29 is 4.39 Å². The quantitative estimate of drug-likeness (QED) is 0.416. The molecule has 0 atom stereocenters. The predicted molar refractivity (Wildman–Crippen MR) is 120 cm³/mol. The van der Waals surface area contributed by atoms with Gasteiger partial charge in [-0.2, -0.15) is 5.10 Å². The van der Waals surface area contributed by atoms with Gasteiger partial charge in [-0.1, -0.05) is 12.1 Å². The SMILES string of the molecule is Cc1ccncc1-c1cc2c(-c3nc4c(-c5cccc(F)c5)cncc4[nH]3)n[nH]c2cn1. The van der Waals surface area contributed by atoms with Gasteiger partial charge in [0.15, 0.2) is 5.82 Å². The van der Waals surface area contributed by atoms with E-state index in [1.165, 1.54) is 12.1 Å². The molecule has 0 unspecified atom stereocenters. The van der Waals surface area contributed by atoms with Crippen molar-refractivity contribution >= 4 is 21.9 Å². The fourth-order valence-corrected chi connectivity index (χ4v) is 3.89. The number of halogens is 1. The number of benzene rings is 1. The molecular weight excluding hydrogens is 405 g/mol. The Kier molecular flexibility index (Phi) is 4.04. The first-order chi connectivity index (χ1) is 15.7. The number of nitrogens with one attached hydrogen (secondary N) is 2. The summed E-state index contributed by atoms with van der Waals surface area (Å²) in [5.74, 6) is 0.288. The van der Waals surface area contributed by atoms with Crippen molar-refractivity contribution in [3.05, 3.63) is 78.8 Å². The van der Waals surface area contributed by atoms with Crippen LogP contribution in [0.4, 0.5) is 4.39 Å². The van der Waals surface area contributed by atoms with Crippen LogP contribution < -0.4 is 0 Å². The number of hydrogen-bond donors (Lipinski definition) is 2. The highest BCUT2D eigenvalue weighted by Gasteiger charge is 2.17. The van der Waals surface area contributed by atoms with Gasteiger partial charge in [-0.3, -0.25) is 20.1 Å². The Bertz CT molecular complexity index is 1620. The maximum Gasteiger partial charge on any atom is 0.159 e. The minimum atomic E-state index is -0.306. The van der Waals surface area contributed by atoms with Gasteiger partial charge in [-0.15, -0.1) is 0 Å². The minimum absolute atomic E-state index is 0.306. The van der Waals surface area contributed by atoms with E-state index in [0.717, 1.165) is 38.8 Å². The van der Waals surface area contributed by atoms with E-state index in [0.29, 0.717) is 22.6 Å². The summed E-state index contributed by atoms with van der Waals surface area (Å²) in [7, 11) is 0. The molecule has 7 nitrogen and oxygen atoms in total. The Morgan fingerprint density at radius 1 is 0.906 bits per heavy atom. The van der Waals surface area contributed by atoms with Crippen LogP contribution in [0.25, 0.3) is 55.8 Å². The Morgan fingerprint density at radius 2 is 1.81 bits per heavy atom. The molecular formula is C24H16FN7. The van der Waals surface area contributed by atoms with Gasteiger partial charge in [0, 0.05) is 35.1 Å². The molecule has 0 radical (unpaired) electrons. The van der Waals surface area contributed by atoms with Crippen LogP contribution in [-0.4, -0.2) is 35.1 Å². The second-order valence-corrected chi connectivity index (χ2v) is 7.56. The van der Waals surface area contributed by atoms with Crippen molar-refractivity contribution in [2.24, 2.45) is 0 Å². The van der Waals surface area contributed by atoms with Crippen molar-refractivity contribution in [3.8, 4) is 33.9 Å². The Balaban J connectivity index is 1.52. The monoisotopic (exact) mass is 421 g/mol. The van der Waals surface area contributed by atoms with Gasteiger partial charge in [-0.05, 0) is 42.3 Å². The van der Waals surface area contributed by atoms with Crippen molar-refractivity contribution in [1.29, 1.82) is 0 Å². The number of pyridine rings is 3. The lowest BCUT2D eigenvalue weighted by Crippen LogP contribution is -1.89. The van der Waals surface area contributed by atoms with Crippen molar-refractivity contribution in [3.63, 3.8) is 0 Å². The van der Waals surface area contributed by atoms with Crippen LogP contribution in [0.1, 0.15) is 5.56 Å². The Labute approximate surface area is 181 Å². The third-order valence-electron chi connectivity index (χ3n) is 5.52. The van der Waals surface area contributed by atoms with E-state index in [1.807, 2.05) is 25.1 Å². The number of hydrogen-bond acceptors (Lipinski definition) is 5. The zero-order chi connectivity index (χ0) is 21.7. The van der Waals surface area contributed by atoms with Crippen LogP contribution >= 0.6 is 0 Å². The van der Waals surface area contributed by atoms with Gasteiger partial charge in [0.05, 0.1) is 34.6 Å². The summed E-state index contributed by atoms with van der Waals surface area (Å²) in [6, 6.07) is 10.3. The summed E-state index contributed by atoms with van der Waals surface area (Å²) in [6.07, 6.45) is 8.73. The van der Waals surface area contributed by atoms with Crippen LogP contribution in [-0.2, 0) is 0 Å². The van der Waals surface area contributed by atoms with E-state index >= 15 is 0 Å². The summed E-state index contributed by atoms with van der Waals surface area (Å²) >= 11 is 0. The third kappa shape index (κ3) is 2.92. The first-order valence-electron chi connectivity index (χ1n) is 10.0. The molecule has 154 valence electrons. The highest BCUT2D eigenvalue weighted by molar-refractivity contribution is 5.97. The van der Waals surface area contributed by atoms with Gasteiger partial charge in [0.2, 0.25) is 0 Å². The zero-order valence-electron chi connectivity index (χ0n) is 17.0. The summed E-state index contributed by atoms with van der Waals surface area (Å²) in [6.45, 7) is 2.03. The van der Waals surface area contributed by atoms with E-state index in [-0.39, 0.29) is 5.82 Å². The standard InChI is InChI=1S/C24H16FN7/c1-13-5-6-26-9-17(13)19-8-16-20(12-28-19)31-32-23(16)24-29-21-11-27-10-18(22(21)30-24)14-3-2-4-15(25)7-14/h2-12H,1H3,(H,29,30)(H,31,32). The summed E-state index contributed by atoms with van der Waals surface area (Å²) in [5, 5.41) is 8.39. The summed E-state index contributed by atoms with van der Waals surface area (Å²) < 4.78 is 13.8. The molecule has 0 spiro atoms. The first-order valence-corrected chi connectivity index (χ1v) is 10.0. The fourth-order valence-electron chi connectivity index (χ4n) is 3.89. The molecule has 0 aliphatic heterocycles. The highest BCUT2D eigenvalue weighted by Crippen LogP contribution is 2.32. The molecule has 0 bridgehead atoms. The number of aryl methyl sites for hydroxylation is 1. The number of imidazole rings is 1. The van der Waals surface area contributed by atoms with E-state index in [1.54, 1.807) is 37.1 Å². The fraction of sp³-hybridized carbons (Fsp3) is 0.0417. The van der Waals surface area contributed by atoms with Crippen LogP contribution in [0.5, 0.6) is 0 Å². The molecule has 2 N–H and O–H groups in total. The first kappa shape index (κ1) is 18.3. The number of aromatic amines is 2. The van der Waals surface area contributed by atoms with Crippen LogP contribution in [0.2, 0.25) is 0 Å². The molecule has 5 heterocycles.